The Morgan fingerprint density at radius 1 is 1.50 bits per heavy atom. The van der Waals surface area contributed by atoms with E-state index >= 15 is 0 Å². The molecule has 1 rings (SSSR count). The summed E-state index contributed by atoms with van der Waals surface area (Å²) < 4.78 is 6.24. The molecule has 20 heavy (non-hydrogen) atoms. The van der Waals surface area contributed by atoms with Crippen molar-refractivity contribution >= 4 is 17.5 Å². The molecule has 0 aromatic carbocycles. The van der Waals surface area contributed by atoms with Crippen LogP contribution in [0.3, 0.4) is 0 Å². The number of hydrogen-bond donors (Lipinski definition) is 1. The minimum atomic E-state index is -0.440. The Morgan fingerprint density at radius 3 is 2.75 bits per heavy atom. The smallest absolute Gasteiger partial charge is 0.333 e. The van der Waals surface area contributed by atoms with Crippen LogP contribution in [0.4, 0.5) is 11.5 Å². The fourth-order valence-electron chi connectivity index (χ4n) is 1.88. The number of aryl methyl sites for hydroxylation is 2. The molecule has 0 bridgehead atoms. The second-order valence-corrected chi connectivity index (χ2v) is 4.26. The maximum absolute atomic E-state index is 11.2. The van der Waals surface area contributed by atoms with Gasteiger partial charge in [0.2, 0.25) is 5.82 Å². The topological polar surface area (TPSA) is 99.3 Å². The zero-order chi connectivity index (χ0) is 15.1. The van der Waals surface area contributed by atoms with Crippen LogP contribution < -0.4 is 5.32 Å². The van der Waals surface area contributed by atoms with Crippen LogP contribution in [-0.2, 0) is 23.0 Å². The molecule has 0 aliphatic carbocycles. The summed E-state index contributed by atoms with van der Waals surface area (Å²) in [4.78, 5) is 21.9. The van der Waals surface area contributed by atoms with Crippen molar-refractivity contribution in [1.29, 1.82) is 0 Å². The lowest BCUT2D eigenvalue weighted by Gasteiger charge is -2.05. The molecule has 0 fully saturated rings. The molecular weight excluding hydrogens is 264 g/mol. The van der Waals surface area contributed by atoms with Crippen LogP contribution in [0, 0.1) is 10.1 Å². The quantitative estimate of drug-likeness (QED) is 0.442. The van der Waals surface area contributed by atoms with Crippen molar-refractivity contribution < 1.29 is 14.5 Å². The van der Waals surface area contributed by atoms with Crippen molar-refractivity contribution in [1.82, 2.24) is 9.78 Å². The standard InChI is InChI=1S/C12H20N4O4/c1-4-6-9-11(16(18)19)12(15(3)14-9)13-8-7-10(17)20-5-2/h13H,4-8H2,1-3H3. The van der Waals surface area contributed by atoms with Crippen molar-refractivity contribution in [3.8, 4) is 0 Å². The molecule has 1 aromatic heterocycles. The van der Waals surface area contributed by atoms with E-state index in [9.17, 15) is 14.9 Å². The third kappa shape index (κ3) is 3.94. The monoisotopic (exact) mass is 284 g/mol. The van der Waals surface area contributed by atoms with E-state index in [2.05, 4.69) is 10.4 Å². The summed E-state index contributed by atoms with van der Waals surface area (Å²) in [6.07, 6.45) is 1.48. The van der Waals surface area contributed by atoms with Gasteiger partial charge in [-0.05, 0) is 13.3 Å². The first-order chi connectivity index (χ1) is 9.51. The lowest BCUT2D eigenvalue weighted by molar-refractivity contribution is -0.384. The second-order valence-electron chi connectivity index (χ2n) is 4.26. The molecule has 1 N–H and O–H groups in total. The number of ether oxygens (including phenoxy) is 1. The van der Waals surface area contributed by atoms with E-state index in [-0.39, 0.29) is 24.6 Å². The SMILES string of the molecule is CCCc1nn(C)c(NCCC(=O)OCC)c1[N+](=O)[O-]. The van der Waals surface area contributed by atoms with Crippen LogP contribution in [0.1, 0.15) is 32.4 Å². The van der Waals surface area contributed by atoms with Gasteiger partial charge in [0.25, 0.3) is 0 Å². The van der Waals surface area contributed by atoms with Gasteiger partial charge in [-0.15, -0.1) is 0 Å². The van der Waals surface area contributed by atoms with Crippen LogP contribution in [0.2, 0.25) is 0 Å². The predicted molar refractivity (Wildman–Crippen MR) is 73.6 cm³/mol. The zero-order valence-corrected chi connectivity index (χ0v) is 12.0. The van der Waals surface area contributed by atoms with Gasteiger partial charge in [-0.25, -0.2) is 4.68 Å². The molecule has 1 aromatic rings. The van der Waals surface area contributed by atoms with Gasteiger partial charge >= 0.3 is 11.7 Å². The lowest BCUT2D eigenvalue weighted by atomic mass is 10.2. The largest absolute Gasteiger partial charge is 0.466 e. The second kappa shape index (κ2) is 7.46. The molecule has 0 aliphatic heterocycles. The van der Waals surface area contributed by atoms with E-state index in [1.165, 1.54) is 4.68 Å². The summed E-state index contributed by atoms with van der Waals surface area (Å²) in [7, 11) is 1.64. The fraction of sp³-hybridized carbons (Fsp3) is 0.667. The Balaban J connectivity index is 2.78. The maximum Gasteiger partial charge on any atom is 0.333 e. The van der Waals surface area contributed by atoms with Crippen molar-refractivity contribution in [2.24, 2.45) is 7.05 Å². The molecule has 0 spiro atoms. The lowest BCUT2D eigenvalue weighted by Crippen LogP contribution is -2.13. The number of carbonyl (C=O) groups excluding carboxylic acids is 1. The zero-order valence-electron chi connectivity index (χ0n) is 12.0. The molecule has 0 saturated carbocycles. The Bertz CT molecular complexity index is 484. The number of aromatic nitrogens is 2. The molecule has 112 valence electrons. The molecule has 0 aliphatic rings. The highest BCUT2D eigenvalue weighted by Crippen LogP contribution is 2.28. The van der Waals surface area contributed by atoms with Crippen molar-refractivity contribution in [3.63, 3.8) is 0 Å². The highest BCUT2D eigenvalue weighted by molar-refractivity contribution is 5.70. The average molecular weight is 284 g/mol. The van der Waals surface area contributed by atoms with Gasteiger partial charge in [0.05, 0.1) is 18.0 Å². The summed E-state index contributed by atoms with van der Waals surface area (Å²) in [6, 6.07) is 0. The minimum absolute atomic E-state index is 0.0155. The van der Waals surface area contributed by atoms with Gasteiger partial charge in [-0.3, -0.25) is 14.9 Å². The molecular formula is C12H20N4O4. The van der Waals surface area contributed by atoms with Gasteiger partial charge in [0.15, 0.2) is 0 Å². The Hall–Kier alpha value is -2.12. The molecule has 0 saturated heterocycles. The number of nitro groups is 1. The number of nitrogens with zero attached hydrogens (tertiary/aromatic N) is 3. The van der Waals surface area contributed by atoms with Crippen molar-refractivity contribution in [3.05, 3.63) is 15.8 Å². The predicted octanol–water partition coefficient (Wildman–Crippen LogP) is 1.65. The minimum Gasteiger partial charge on any atom is -0.466 e. The van der Waals surface area contributed by atoms with Crippen LogP contribution >= 0.6 is 0 Å². The van der Waals surface area contributed by atoms with Crippen molar-refractivity contribution in [2.45, 2.75) is 33.1 Å². The van der Waals surface area contributed by atoms with E-state index < -0.39 is 4.92 Å². The number of anilines is 1. The summed E-state index contributed by atoms with van der Waals surface area (Å²) in [5.41, 5.74) is 0.442. The normalized spacial score (nSPS) is 10.3. The van der Waals surface area contributed by atoms with Crippen molar-refractivity contribution in [2.75, 3.05) is 18.5 Å². The molecule has 0 unspecified atom stereocenters. The highest BCUT2D eigenvalue weighted by Gasteiger charge is 2.25. The van der Waals surface area contributed by atoms with E-state index in [1.54, 1.807) is 14.0 Å². The van der Waals surface area contributed by atoms with Crippen LogP contribution in [0.5, 0.6) is 0 Å². The van der Waals surface area contributed by atoms with Gasteiger partial charge in [0, 0.05) is 13.6 Å². The Morgan fingerprint density at radius 2 is 2.20 bits per heavy atom. The maximum atomic E-state index is 11.2. The van der Waals surface area contributed by atoms with E-state index in [1.807, 2.05) is 6.92 Å². The van der Waals surface area contributed by atoms with E-state index in [0.717, 1.165) is 6.42 Å². The number of rotatable bonds is 8. The third-order valence-electron chi connectivity index (χ3n) is 2.69. The first kappa shape index (κ1) is 15.9. The van der Waals surface area contributed by atoms with Crippen LogP contribution in [-0.4, -0.2) is 33.8 Å². The molecule has 1 heterocycles. The van der Waals surface area contributed by atoms with E-state index in [0.29, 0.717) is 24.5 Å². The first-order valence-corrected chi connectivity index (χ1v) is 6.60. The molecule has 8 nitrogen and oxygen atoms in total. The van der Waals surface area contributed by atoms with Gasteiger partial charge in [-0.2, -0.15) is 5.10 Å². The summed E-state index contributed by atoms with van der Waals surface area (Å²) in [5.74, 6) is -0.0126. The molecule has 0 atom stereocenters. The summed E-state index contributed by atoms with van der Waals surface area (Å²) in [6.45, 7) is 4.26. The molecule has 0 amide bonds. The average Bonchev–Trinajstić information content (AvgIpc) is 2.67. The van der Waals surface area contributed by atoms with E-state index in [4.69, 9.17) is 4.74 Å². The third-order valence-corrected chi connectivity index (χ3v) is 2.69. The summed E-state index contributed by atoms with van der Waals surface area (Å²) in [5, 5.41) is 18.2. The highest BCUT2D eigenvalue weighted by atomic mass is 16.6. The van der Waals surface area contributed by atoms with Crippen LogP contribution in [0.15, 0.2) is 0 Å². The number of esters is 1. The Labute approximate surface area is 117 Å². The number of carbonyl (C=O) groups is 1. The van der Waals surface area contributed by atoms with Gasteiger partial charge in [0.1, 0.15) is 5.69 Å². The summed E-state index contributed by atoms with van der Waals surface area (Å²) >= 11 is 0. The number of nitrogens with one attached hydrogen (secondary N) is 1. The van der Waals surface area contributed by atoms with Crippen LogP contribution in [0.25, 0.3) is 0 Å². The molecule has 0 radical (unpaired) electrons. The fourth-order valence-corrected chi connectivity index (χ4v) is 1.88. The molecule has 8 heteroatoms. The Kier molecular flexibility index (Phi) is 5.95. The van der Waals surface area contributed by atoms with Gasteiger partial charge in [-0.1, -0.05) is 13.3 Å². The van der Waals surface area contributed by atoms with Gasteiger partial charge < -0.3 is 10.1 Å². The first-order valence-electron chi connectivity index (χ1n) is 6.60. The number of hydrogen-bond acceptors (Lipinski definition) is 6.